The minimum Gasteiger partial charge on any atom is -0.480 e. The summed E-state index contributed by atoms with van der Waals surface area (Å²) < 4.78 is 1.51. The molecule has 1 saturated heterocycles. The van der Waals surface area contributed by atoms with Crippen LogP contribution in [0.4, 0.5) is 5.69 Å². The molecule has 0 atom stereocenters. The van der Waals surface area contributed by atoms with Crippen LogP contribution in [0.3, 0.4) is 0 Å². The van der Waals surface area contributed by atoms with Crippen LogP contribution in [0.1, 0.15) is 0 Å². The molecule has 1 aromatic carbocycles. The van der Waals surface area contributed by atoms with E-state index in [1.807, 2.05) is 29.2 Å². The number of carboxylic acids is 2. The standard InChI is InChI=1S/C18H13N3O6S4/c1-19-8-4-2-3-5-9(8)29-16(19)12-14(26)20(6-10(22)23)17(30-12)13-15(27)21(7-11(24)25)18(28)31-13/h2-5H,6-7H2,1H3,(H,22,23)(H,24,25)/b16-12+,17-13+. The van der Waals surface area contributed by atoms with E-state index in [1.54, 1.807) is 7.05 Å². The predicted octanol–water partition coefficient (Wildman–Crippen LogP) is 0.355. The summed E-state index contributed by atoms with van der Waals surface area (Å²) in [5.74, 6) is -3.14. The van der Waals surface area contributed by atoms with E-state index in [0.717, 1.165) is 43.1 Å². The Kier molecular flexibility index (Phi) is 5.68. The highest BCUT2D eigenvalue weighted by Gasteiger charge is 2.36. The molecule has 0 bridgehead atoms. The molecule has 1 amide bonds. The Labute approximate surface area is 192 Å². The van der Waals surface area contributed by atoms with Gasteiger partial charge in [0.05, 0.1) is 5.69 Å². The van der Waals surface area contributed by atoms with Crippen LogP contribution in [0.15, 0.2) is 34.0 Å². The number of carbonyl (C=O) groups excluding carboxylic acids is 1. The molecular formula is C18H13N3O6S4. The normalized spacial score (nSPS) is 19.3. The van der Waals surface area contributed by atoms with Crippen LogP contribution in [0, 0.1) is 0 Å². The fraction of sp³-hybridized carbons (Fsp3) is 0.167. The zero-order chi connectivity index (χ0) is 22.4. The van der Waals surface area contributed by atoms with E-state index < -0.39 is 36.5 Å². The third kappa shape index (κ3) is 3.78. The zero-order valence-electron chi connectivity index (χ0n) is 15.7. The van der Waals surface area contributed by atoms with Gasteiger partial charge in [0.2, 0.25) is 0 Å². The molecule has 2 aliphatic heterocycles. The van der Waals surface area contributed by atoms with Gasteiger partial charge in [0.1, 0.15) is 36.5 Å². The number of thiazole rings is 1. The van der Waals surface area contributed by atoms with Crippen LogP contribution in [0.25, 0.3) is 9.93 Å². The van der Waals surface area contributed by atoms with E-state index in [2.05, 4.69) is 0 Å². The number of fused-ring (bicyclic) bond motifs is 1. The molecule has 160 valence electrons. The van der Waals surface area contributed by atoms with Gasteiger partial charge in [0.25, 0.3) is 11.5 Å². The van der Waals surface area contributed by atoms with Crippen molar-refractivity contribution in [3.8, 4) is 0 Å². The monoisotopic (exact) mass is 495 g/mol. The highest BCUT2D eigenvalue weighted by Crippen LogP contribution is 2.45. The van der Waals surface area contributed by atoms with Crippen LogP contribution in [0.2, 0.25) is 0 Å². The molecular weight excluding hydrogens is 482 g/mol. The van der Waals surface area contributed by atoms with Crippen molar-refractivity contribution in [1.29, 1.82) is 0 Å². The first-order chi connectivity index (χ1) is 14.7. The SMILES string of the molecule is CN1/C(=c2\s/c(=C3/SC(=S)N(CC(=O)O)C3=O)n(CC(=O)O)c2=O)Sc2ccccc21. The first-order valence-electron chi connectivity index (χ1n) is 8.65. The number of thioether (sulfide) groups is 2. The minimum absolute atomic E-state index is 0.0408. The second-order valence-electron chi connectivity index (χ2n) is 6.44. The lowest BCUT2D eigenvalue weighted by atomic mass is 10.3. The van der Waals surface area contributed by atoms with Crippen LogP contribution in [0.5, 0.6) is 0 Å². The summed E-state index contributed by atoms with van der Waals surface area (Å²) in [6.07, 6.45) is 0. The average molecular weight is 496 g/mol. The van der Waals surface area contributed by atoms with Crippen molar-refractivity contribution in [2.24, 2.45) is 0 Å². The van der Waals surface area contributed by atoms with E-state index in [1.165, 1.54) is 11.8 Å². The summed E-state index contributed by atoms with van der Waals surface area (Å²) in [7, 11) is 1.81. The summed E-state index contributed by atoms with van der Waals surface area (Å²) in [4.78, 5) is 52.3. The number of benzene rings is 1. The summed E-state index contributed by atoms with van der Waals surface area (Å²) in [6, 6.07) is 7.59. The number of hydrogen-bond donors (Lipinski definition) is 2. The smallest absolute Gasteiger partial charge is 0.323 e. The predicted molar refractivity (Wildman–Crippen MR) is 123 cm³/mol. The number of carbonyl (C=O) groups is 3. The molecule has 2 aromatic rings. The lowest BCUT2D eigenvalue weighted by Crippen LogP contribution is -2.37. The molecule has 2 N–H and O–H groups in total. The molecule has 9 nitrogen and oxygen atoms in total. The van der Waals surface area contributed by atoms with E-state index in [9.17, 15) is 24.3 Å². The molecule has 1 fully saturated rings. The Balaban J connectivity index is 1.96. The topological polar surface area (TPSA) is 120 Å². The number of aliphatic carboxylic acids is 2. The molecule has 31 heavy (non-hydrogen) atoms. The maximum absolute atomic E-state index is 13.2. The van der Waals surface area contributed by atoms with Crippen molar-refractivity contribution in [3.63, 3.8) is 0 Å². The molecule has 1 aromatic heterocycles. The Bertz CT molecular complexity index is 1340. The van der Waals surface area contributed by atoms with Gasteiger partial charge < -0.3 is 15.1 Å². The lowest BCUT2D eigenvalue weighted by molar-refractivity contribution is -0.140. The molecule has 0 aliphatic carbocycles. The van der Waals surface area contributed by atoms with Gasteiger partial charge in [0, 0.05) is 11.9 Å². The second-order valence-corrected chi connectivity index (χ2v) is 10.1. The number of thiocarbonyl (C=S) groups is 1. The summed E-state index contributed by atoms with van der Waals surface area (Å²) in [5.41, 5.74) is 0.377. The highest BCUT2D eigenvalue weighted by atomic mass is 32.2. The number of anilines is 1. The van der Waals surface area contributed by atoms with Gasteiger partial charge in [-0.2, -0.15) is 0 Å². The van der Waals surface area contributed by atoms with E-state index in [4.69, 9.17) is 17.3 Å². The molecule has 4 rings (SSSR count). The first kappa shape index (κ1) is 21.6. The summed E-state index contributed by atoms with van der Waals surface area (Å²) in [5, 5.41) is 19.0. The van der Waals surface area contributed by atoms with Crippen molar-refractivity contribution in [2.75, 3.05) is 18.5 Å². The van der Waals surface area contributed by atoms with Crippen LogP contribution < -0.4 is 19.7 Å². The lowest BCUT2D eigenvalue weighted by Gasteiger charge is -2.11. The first-order valence-corrected chi connectivity index (χ1v) is 11.5. The molecule has 0 spiro atoms. The minimum atomic E-state index is -1.24. The van der Waals surface area contributed by atoms with Gasteiger partial charge in [0.15, 0.2) is 0 Å². The second kappa shape index (κ2) is 8.15. The van der Waals surface area contributed by atoms with Crippen molar-refractivity contribution < 1.29 is 24.6 Å². The highest BCUT2D eigenvalue weighted by molar-refractivity contribution is 8.30. The molecule has 0 saturated carbocycles. The number of aromatic nitrogens is 1. The Hall–Kier alpha value is -2.61. The van der Waals surface area contributed by atoms with Crippen LogP contribution in [-0.2, 0) is 20.9 Å². The number of rotatable bonds is 4. The molecule has 13 heteroatoms. The van der Waals surface area contributed by atoms with Crippen molar-refractivity contribution in [1.82, 2.24) is 9.47 Å². The largest absolute Gasteiger partial charge is 0.480 e. The summed E-state index contributed by atoms with van der Waals surface area (Å²) >= 11 is 8.37. The van der Waals surface area contributed by atoms with E-state index >= 15 is 0 Å². The third-order valence-electron chi connectivity index (χ3n) is 4.45. The van der Waals surface area contributed by atoms with Gasteiger partial charge in [-0.15, -0.1) is 11.3 Å². The van der Waals surface area contributed by atoms with Gasteiger partial charge in [-0.1, -0.05) is 47.9 Å². The fourth-order valence-electron chi connectivity index (χ4n) is 3.09. The Morgan fingerprint density at radius 3 is 2.39 bits per heavy atom. The molecule has 2 aliphatic rings. The average Bonchev–Trinajstić information content (AvgIpc) is 3.30. The number of para-hydroxylation sites is 1. The zero-order valence-corrected chi connectivity index (χ0v) is 19.0. The maximum Gasteiger partial charge on any atom is 0.323 e. The summed E-state index contributed by atoms with van der Waals surface area (Å²) in [6.45, 7) is -1.25. The van der Waals surface area contributed by atoms with Crippen molar-refractivity contribution in [2.45, 2.75) is 11.4 Å². The van der Waals surface area contributed by atoms with Crippen molar-refractivity contribution in [3.05, 3.63) is 43.8 Å². The quantitative estimate of drug-likeness (QED) is 0.575. The van der Waals surface area contributed by atoms with Crippen molar-refractivity contribution >= 4 is 84.9 Å². The van der Waals surface area contributed by atoms with E-state index in [0.29, 0.717) is 9.56 Å². The van der Waals surface area contributed by atoms with Crippen LogP contribution >= 0.6 is 47.1 Å². The van der Waals surface area contributed by atoms with Gasteiger partial charge in [-0.3, -0.25) is 28.6 Å². The van der Waals surface area contributed by atoms with Gasteiger partial charge in [-0.05, 0) is 12.1 Å². The third-order valence-corrected chi connectivity index (χ3v) is 8.57. The van der Waals surface area contributed by atoms with Gasteiger partial charge >= 0.3 is 11.9 Å². The number of hydrogen-bond acceptors (Lipinski definition) is 9. The van der Waals surface area contributed by atoms with E-state index in [-0.39, 0.29) is 13.9 Å². The number of nitrogens with zero attached hydrogens (tertiary/aromatic N) is 3. The number of carboxylic acid groups (broad SMARTS) is 2. The Morgan fingerprint density at radius 1 is 1.06 bits per heavy atom. The van der Waals surface area contributed by atoms with Crippen LogP contribution in [-0.4, -0.2) is 55.4 Å². The molecule has 0 unspecified atom stereocenters. The fourth-order valence-corrected chi connectivity index (χ4v) is 6.95. The maximum atomic E-state index is 13.2. The molecule has 0 radical (unpaired) electrons. The Morgan fingerprint density at radius 2 is 1.74 bits per heavy atom. The number of amides is 1. The van der Waals surface area contributed by atoms with Gasteiger partial charge in [-0.25, -0.2) is 0 Å². The molecule has 3 heterocycles.